The van der Waals surface area contributed by atoms with E-state index in [-0.39, 0.29) is 5.76 Å². The van der Waals surface area contributed by atoms with Crippen molar-refractivity contribution in [2.45, 2.75) is 26.7 Å². The zero-order chi connectivity index (χ0) is 18.1. The first-order valence-electron chi connectivity index (χ1n) is 8.12. The van der Waals surface area contributed by atoms with Crippen molar-refractivity contribution in [3.63, 3.8) is 0 Å². The van der Waals surface area contributed by atoms with E-state index in [2.05, 4.69) is 33.4 Å². The van der Waals surface area contributed by atoms with Crippen LogP contribution in [0.1, 0.15) is 42.8 Å². The molecule has 1 aromatic carbocycles. The Labute approximate surface area is 155 Å². The topological polar surface area (TPSA) is 73.1 Å². The maximum atomic E-state index is 11.8. The second kappa shape index (κ2) is 9.88. The number of nitrogens with one attached hydrogen (secondary N) is 1. The summed E-state index contributed by atoms with van der Waals surface area (Å²) in [7, 11) is 0. The van der Waals surface area contributed by atoms with Crippen molar-refractivity contribution in [1.82, 2.24) is 5.43 Å². The lowest BCUT2D eigenvalue weighted by atomic mass is 10.2. The van der Waals surface area contributed by atoms with Crippen molar-refractivity contribution in [3.8, 4) is 11.5 Å². The van der Waals surface area contributed by atoms with Gasteiger partial charge in [0.05, 0.1) is 19.4 Å². The number of nitrogens with zero attached hydrogens (tertiary/aromatic N) is 1. The number of ether oxygens (including phenoxy) is 2. The number of halogens is 1. The number of furan rings is 1. The van der Waals surface area contributed by atoms with Crippen LogP contribution < -0.4 is 14.9 Å². The first-order valence-corrected chi connectivity index (χ1v) is 8.91. The van der Waals surface area contributed by atoms with Crippen LogP contribution in [0.2, 0.25) is 0 Å². The van der Waals surface area contributed by atoms with Crippen molar-refractivity contribution in [2.24, 2.45) is 5.10 Å². The van der Waals surface area contributed by atoms with Gasteiger partial charge in [0.2, 0.25) is 0 Å². The molecule has 1 amide bonds. The number of carbonyl (C=O) groups is 1. The Morgan fingerprint density at radius 2 is 2.08 bits per heavy atom. The molecule has 25 heavy (non-hydrogen) atoms. The highest BCUT2D eigenvalue weighted by atomic mass is 79.9. The molecule has 0 aliphatic carbocycles. The predicted octanol–water partition coefficient (Wildman–Crippen LogP) is 4.38. The largest absolute Gasteiger partial charge is 0.490 e. The van der Waals surface area contributed by atoms with E-state index in [1.165, 1.54) is 6.21 Å². The molecule has 0 radical (unpaired) electrons. The van der Waals surface area contributed by atoms with Gasteiger partial charge in [0.15, 0.2) is 21.9 Å². The summed E-state index contributed by atoms with van der Waals surface area (Å²) in [5.41, 5.74) is 3.20. The van der Waals surface area contributed by atoms with Gasteiger partial charge in [0, 0.05) is 0 Å². The van der Waals surface area contributed by atoms with Gasteiger partial charge in [-0.25, -0.2) is 5.43 Å². The van der Waals surface area contributed by atoms with Gasteiger partial charge in [-0.3, -0.25) is 4.79 Å². The van der Waals surface area contributed by atoms with E-state index in [0.29, 0.717) is 29.4 Å². The monoisotopic (exact) mass is 408 g/mol. The van der Waals surface area contributed by atoms with Gasteiger partial charge in [-0.05, 0) is 65.2 Å². The molecule has 0 saturated carbocycles. The SMILES string of the molecule is CCCCOc1ccc(/C=N/NC(=O)c2ccc(Br)o2)cc1OCC. The van der Waals surface area contributed by atoms with Crippen LogP contribution in [0.5, 0.6) is 11.5 Å². The fourth-order valence-electron chi connectivity index (χ4n) is 1.98. The van der Waals surface area contributed by atoms with Crippen molar-refractivity contribution in [3.05, 3.63) is 46.3 Å². The van der Waals surface area contributed by atoms with Gasteiger partial charge < -0.3 is 13.9 Å². The molecule has 7 heteroatoms. The van der Waals surface area contributed by atoms with Crippen molar-refractivity contribution < 1.29 is 18.7 Å². The van der Waals surface area contributed by atoms with Crippen LogP contribution in [0.25, 0.3) is 0 Å². The fourth-order valence-corrected chi connectivity index (χ4v) is 2.28. The van der Waals surface area contributed by atoms with Gasteiger partial charge in [-0.2, -0.15) is 5.10 Å². The Kier molecular flexibility index (Phi) is 7.53. The molecule has 134 valence electrons. The molecule has 1 aromatic heterocycles. The van der Waals surface area contributed by atoms with Crippen molar-refractivity contribution >= 4 is 28.1 Å². The molecule has 0 saturated heterocycles. The van der Waals surface area contributed by atoms with Crippen molar-refractivity contribution in [2.75, 3.05) is 13.2 Å². The quantitative estimate of drug-likeness (QED) is 0.379. The van der Waals surface area contributed by atoms with Gasteiger partial charge in [-0.1, -0.05) is 13.3 Å². The average Bonchev–Trinajstić information content (AvgIpc) is 3.03. The summed E-state index contributed by atoms with van der Waals surface area (Å²) in [5.74, 6) is 1.12. The number of benzene rings is 1. The summed E-state index contributed by atoms with van der Waals surface area (Å²) >= 11 is 3.15. The summed E-state index contributed by atoms with van der Waals surface area (Å²) in [4.78, 5) is 11.8. The summed E-state index contributed by atoms with van der Waals surface area (Å²) < 4.78 is 17.0. The van der Waals surface area contributed by atoms with E-state index in [1.54, 1.807) is 12.1 Å². The Morgan fingerprint density at radius 1 is 1.24 bits per heavy atom. The molecule has 0 bridgehead atoms. The Morgan fingerprint density at radius 3 is 2.76 bits per heavy atom. The van der Waals surface area contributed by atoms with Gasteiger partial charge in [0.25, 0.3) is 0 Å². The molecule has 1 heterocycles. The summed E-state index contributed by atoms with van der Waals surface area (Å²) in [5, 5.41) is 3.94. The van der Waals surface area contributed by atoms with Crippen LogP contribution in [-0.2, 0) is 0 Å². The number of unbranched alkanes of at least 4 members (excludes halogenated alkanes) is 1. The van der Waals surface area contributed by atoms with E-state index in [4.69, 9.17) is 13.9 Å². The second-order valence-corrected chi connectivity index (χ2v) is 5.93. The number of carbonyl (C=O) groups excluding carboxylic acids is 1. The molecule has 1 N–H and O–H groups in total. The van der Waals surface area contributed by atoms with Gasteiger partial charge >= 0.3 is 5.91 Å². The van der Waals surface area contributed by atoms with Crippen LogP contribution in [0.15, 0.2) is 44.5 Å². The van der Waals surface area contributed by atoms with E-state index in [0.717, 1.165) is 18.4 Å². The number of hydrogen-bond donors (Lipinski definition) is 1. The molecule has 0 atom stereocenters. The first-order chi connectivity index (χ1) is 12.1. The van der Waals surface area contributed by atoms with Crippen LogP contribution in [-0.4, -0.2) is 25.3 Å². The van der Waals surface area contributed by atoms with Gasteiger partial charge in [-0.15, -0.1) is 0 Å². The zero-order valence-corrected chi connectivity index (χ0v) is 15.8. The Balaban J connectivity index is 2.00. The standard InChI is InChI=1S/C18H21BrN2O4/c1-3-5-10-24-14-7-6-13(11-16(14)23-4-2)12-20-21-18(22)15-8-9-17(19)25-15/h6-9,11-12H,3-5,10H2,1-2H3,(H,21,22)/b20-12+. The maximum absolute atomic E-state index is 11.8. The molecule has 0 unspecified atom stereocenters. The number of amides is 1. The molecule has 0 aliphatic rings. The molecular formula is C18H21BrN2O4. The maximum Gasteiger partial charge on any atom is 0.307 e. The second-order valence-electron chi connectivity index (χ2n) is 5.14. The fraction of sp³-hybridized carbons (Fsp3) is 0.333. The normalized spacial score (nSPS) is 10.8. The highest BCUT2D eigenvalue weighted by molar-refractivity contribution is 9.10. The number of rotatable bonds is 9. The lowest BCUT2D eigenvalue weighted by Crippen LogP contribution is -2.16. The third-order valence-electron chi connectivity index (χ3n) is 3.20. The first kappa shape index (κ1) is 19.1. The molecular weight excluding hydrogens is 388 g/mol. The highest BCUT2D eigenvalue weighted by Crippen LogP contribution is 2.28. The van der Waals surface area contributed by atoms with Crippen molar-refractivity contribution in [1.29, 1.82) is 0 Å². The van der Waals surface area contributed by atoms with E-state index in [1.807, 2.05) is 25.1 Å². The Bertz CT molecular complexity index is 728. The molecule has 0 fully saturated rings. The minimum Gasteiger partial charge on any atom is -0.490 e. The van der Waals surface area contributed by atoms with Crippen LogP contribution in [0, 0.1) is 0 Å². The zero-order valence-electron chi connectivity index (χ0n) is 14.3. The third kappa shape index (κ3) is 5.94. The molecule has 2 aromatic rings. The molecule has 6 nitrogen and oxygen atoms in total. The van der Waals surface area contributed by atoms with E-state index >= 15 is 0 Å². The average molecular weight is 409 g/mol. The van der Waals surface area contributed by atoms with Crippen LogP contribution in [0.3, 0.4) is 0 Å². The Hall–Kier alpha value is -2.28. The predicted molar refractivity (Wildman–Crippen MR) is 99.5 cm³/mol. The molecule has 2 rings (SSSR count). The number of hydrogen-bond acceptors (Lipinski definition) is 5. The lowest BCUT2D eigenvalue weighted by Gasteiger charge is -2.12. The van der Waals surface area contributed by atoms with E-state index < -0.39 is 5.91 Å². The highest BCUT2D eigenvalue weighted by Gasteiger charge is 2.09. The summed E-state index contributed by atoms with van der Waals surface area (Å²) in [6, 6.07) is 8.72. The third-order valence-corrected chi connectivity index (χ3v) is 3.63. The molecule has 0 aliphatic heterocycles. The van der Waals surface area contributed by atoms with Gasteiger partial charge in [0.1, 0.15) is 0 Å². The minimum absolute atomic E-state index is 0.179. The summed E-state index contributed by atoms with van der Waals surface area (Å²) in [6.45, 7) is 5.22. The number of hydrazone groups is 1. The van der Waals surface area contributed by atoms with E-state index in [9.17, 15) is 4.79 Å². The molecule has 0 spiro atoms. The lowest BCUT2D eigenvalue weighted by molar-refractivity contribution is 0.0926. The smallest absolute Gasteiger partial charge is 0.307 e. The minimum atomic E-state index is -0.425. The summed E-state index contributed by atoms with van der Waals surface area (Å²) in [6.07, 6.45) is 3.60. The van der Waals surface area contributed by atoms with Crippen LogP contribution in [0.4, 0.5) is 0 Å². The van der Waals surface area contributed by atoms with Crippen LogP contribution >= 0.6 is 15.9 Å².